The summed E-state index contributed by atoms with van der Waals surface area (Å²) in [5.74, 6) is 0.703. The molecule has 32 heavy (non-hydrogen) atoms. The molecule has 1 amide bonds. The quantitative estimate of drug-likeness (QED) is 0.401. The summed E-state index contributed by atoms with van der Waals surface area (Å²) >= 11 is 0. The van der Waals surface area contributed by atoms with Crippen LogP contribution in [0.1, 0.15) is 18.4 Å². The molecule has 2 heterocycles. The summed E-state index contributed by atoms with van der Waals surface area (Å²) in [5, 5.41) is 20.7. The summed E-state index contributed by atoms with van der Waals surface area (Å²) in [6.45, 7) is 0.319. The van der Waals surface area contributed by atoms with Crippen molar-refractivity contribution in [2.24, 2.45) is 0 Å². The number of carbonyl (C=O) groups is 1. The van der Waals surface area contributed by atoms with Crippen LogP contribution in [0.5, 0.6) is 5.75 Å². The number of ether oxygens (including phenoxy) is 1. The maximum atomic E-state index is 12.1. The van der Waals surface area contributed by atoms with Crippen LogP contribution in [0.25, 0.3) is 0 Å². The molecular formula is C23H28N6O3. The highest BCUT2D eigenvalue weighted by Gasteiger charge is 2.29. The fourth-order valence-corrected chi connectivity index (χ4v) is 3.87. The first-order valence-corrected chi connectivity index (χ1v) is 10.7. The topological polar surface area (TPSA) is 127 Å². The minimum Gasteiger partial charge on any atom is -0.491 e. The zero-order chi connectivity index (χ0) is 22.3. The number of amides is 1. The lowest BCUT2D eigenvalue weighted by Crippen LogP contribution is -2.42. The van der Waals surface area contributed by atoms with E-state index in [4.69, 9.17) is 10.5 Å². The molecule has 3 aromatic rings. The molecule has 3 atom stereocenters. The van der Waals surface area contributed by atoms with Crippen molar-refractivity contribution >= 4 is 17.5 Å². The maximum absolute atomic E-state index is 12.1. The second kappa shape index (κ2) is 10.3. The monoisotopic (exact) mass is 436 g/mol. The van der Waals surface area contributed by atoms with Gasteiger partial charge in [0, 0.05) is 17.8 Å². The molecule has 0 bridgehead atoms. The Kier molecular flexibility index (Phi) is 6.98. The van der Waals surface area contributed by atoms with Crippen LogP contribution in [0.15, 0.2) is 60.9 Å². The van der Waals surface area contributed by atoms with Crippen LogP contribution in [-0.2, 0) is 17.8 Å². The van der Waals surface area contributed by atoms with E-state index >= 15 is 0 Å². The van der Waals surface area contributed by atoms with Crippen LogP contribution in [-0.4, -0.2) is 50.6 Å². The molecule has 9 nitrogen and oxygen atoms in total. The van der Waals surface area contributed by atoms with E-state index in [1.165, 1.54) is 16.6 Å². The standard InChI is InChI=1S/C23H28N6O3/c24-23-25-15-29(28-23)13-22(31)27-17-8-6-16(7-9-17)12-18-10-11-20(26-18)21(30)14-32-19-4-2-1-3-5-19/h1-9,15,18,20-21,26,30H,10-14H2,(H2,24,28)(H,27,31). The SMILES string of the molecule is Nc1ncn(CC(=O)Nc2ccc(CC3CCC(C(O)COc4ccccc4)N3)cc2)n1. The molecule has 0 radical (unpaired) electrons. The van der Waals surface area contributed by atoms with E-state index < -0.39 is 6.10 Å². The molecule has 1 fully saturated rings. The molecular weight excluding hydrogens is 408 g/mol. The van der Waals surface area contributed by atoms with E-state index in [1.807, 2.05) is 54.6 Å². The first kappa shape index (κ1) is 21.8. The van der Waals surface area contributed by atoms with Gasteiger partial charge in [-0.1, -0.05) is 30.3 Å². The van der Waals surface area contributed by atoms with E-state index in [1.54, 1.807) is 0 Å². The van der Waals surface area contributed by atoms with Gasteiger partial charge in [0.15, 0.2) is 0 Å². The fraction of sp³-hybridized carbons (Fsp3) is 0.348. The van der Waals surface area contributed by atoms with Crippen molar-refractivity contribution in [1.29, 1.82) is 0 Å². The number of benzene rings is 2. The number of aromatic nitrogens is 3. The molecule has 1 aliphatic heterocycles. The van der Waals surface area contributed by atoms with E-state index in [-0.39, 0.29) is 31.0 Å². The van der Waals surface area contributed by atoms with Crippen LogP contribution in [0.2, 0.25) is 0 Å². The molecule has 5 N–H and O–H groups in total. The average Bonchev–Trinajstić information content (AvgIpc) is 3.43. The van der Waals surface area contributed by atoms with Crippen LogP contribution in [0, 0.1) is 0 Å². The number of rotatable bonds is 9. The summed E-state index contributed by atoms with van der Waals surface area (Å²) in [4.78, 5) is 15.9. The highest BCUT2D eigenvalue weighted by atomic mass is 16.5. The van der Waals surface area contributed by atoms with Gasteiger partial charge in [0.05, 0.1) is 0 Å². The van der Waals surface area contributed by atoms with E-state index in [2.05, 4.69) is 20.7 Å². The molecule has 9 heteroatoms. The summed E-state index contributed by atoms with van der Waals surface area (Å²) in [6, 6.07) is 17.6. The molecule has 1 saturated heterocycles. The summed E-state index contributed by atoms with van der Waals surface area (Å²) in [6.07, 6.45) is 3.62. The summed E-state index contributed by atoms with van der Waals surface area (Å²) in [7, 11) is 0. The fourth-order valence-electron chi connectivity index (χ4n) is 3.87. The molecule has 4 rings (SSSR count). The number of nitrogens with zero attached hydrogens (tertiary/aromatic N) is 3. The third-order valence-corrected chi connectivity index (χ3v) is 5.48. The zero-order valence-electron chi connectivity index (χ0n) is 17.7. The third-order valence-electron chi connectivity index (χ3n) is 5.48. The Morgan fingerprint density at radius 3 is 2.72 bits per heavy atom. The van der Waals surface area contributed by atoms with E-state index in [0.717, 1.165) is 30.7 Å². The highest BCUT2D eigenvalue weighted by Crippen LogP contribution is 2.21. The highest BCUT2D eigenvalue weighted by molar-refractivity contribution is 5.90. The van der Waals surface area contributed by atoms with Crippen molar-refractivity contribution in [1.82, 2.24) is 20.1 Å². The Bertz CT molecular complexity index is 1010. The van der Waals surface area contributed by atoms with Crippen molar-refractivity contribution in [3.8, 4) is 5.75 Å². The lowest BCUT2D eigenvalue weighted by molar-refractivity contribution is -0.116. The smallest absolute Gasteiger partial charge is 0.246 e. The third kappa shape index (κ3) is 6.05. The average molecular weight is 437 g/mol. The minimum atomic E-state index is -0.557. The number of carbonyl (C=O) groups excluding carboxylic acids is 1. The Morgan fingerprint density at radius 1 is 1.22 bits per heavy atom. The van der Waals surface area contributed by atoms with Gasteiger partial charge in [-0.25, -0.2) is 9.67 Å². The molecule has 0 spiro atoms. The van der Waals surface area contributed by atoms with Crippen molar-refractivity contribution in [2.75, 3.05) is 17.7 Å². The number of nitrogen functional groups attached to an aromatic ring is 1. The van der Waals surface area contributed by atoms with Crippen molar-refractivity contribution < 1.29 is 14.6 Å². The lowest BCUT2D eigenvalue weighted by atomic mass is 10.0. The normalized spacial score (nSPS) is 18.9. The molecule has 0 saturated carbocycles. The van der Waals surface area contributed by atoms with Crippen molar-refractivity contribution in [2.45, 2.75) is 44.0 Å². The number of hydrogen-bond acceptors (Lipinski definition) is 7. The number of para-hydroxylation sites is 1. The molecule has 1 aliphatic rings. The Balaban J connectivity index is 1.21. The van der Waals surface area contributed by atoms with Crippen LogP contribution in [0.3, 0.4) is 0 Å². The van der Waals surface area contributed by atoms with Gasteiger partial charge in [0.1, 0.15) is 31.3 Å². The van der Waals surface area contributed by atoms with Crippen molar-refractivity contribution in [3.05, 3.63) is 66.5 Å². The summed E-state index contributed by atoms with van der Waals surface area (Å²) in [5.41, 5.74) is 7.34. The van der Waals surface area contributed by atoms with E-state index in [9.17, 15) is 9.90 Å². The number of aliphatic hydroxyl groups excluding tert-OH is 1. The van der Waals surface area contributed by atoms with Gasteiger partial charge in [0.2, 0.25) is 11.9 Å². The Hall–Kier alpha value is -3.43. The lowest BCUT2D eigenvalue weighted by Gasteiger charge is -2.20. The maximum Gasteiger partial charge on any atom is 0.246 e. The first-order valence-electron chi connectivity index (χ1n) is 10.7. The molecule has 3 unspecified atom stereocenters. The Labute approximate surface area is 186 Å². The minimum absolute atomic E-state index is 0.0214. The number of anilines is 2. The van der Waals surface area contributed by atoms with E-state index in [0.29, 0.717) is 6.04 Å². The van der Waals surface area contributed by atoms with Crippen molar-refractivity contribution in [3.63, 3.8) is 0 Å². The van der Waals surface area contributed by atoms with Crippen LogP contribution < -0.4 is 21.1 Å². The van der Waals surface area contributed by atoms with Crippen LogP contribution in [0.4, 0.5) is 11.6 Å². The van der Waals surface area contributed by atoms with Gasteiger partial charge in [-0.15, -0.1) is 5.10 Å². The number of hydrogen-bond donors (Lipinski definition) is 4. The van der Waals surface area contributed by atoms with Gasteiger partial charge in [-0.05, 0) is 49.1 Å². The van der Waals surface area contributed by atoms with Crippen LogP contribution >= 0.6 is 0 Å². The largest absolute Gasteiger partial charge is 0.491 e. The number of aliphatic hydroxyl groups is 1. The number of nitrogens with two attached hydrogens (primary N) is 1. The summed E-state index contributed by atoms with van der Waals surface area (Å²) < 4.78 is 7.07. The number of nitrogens with one attached hydrogen (secondary N) is 2. The molecule has 168 valence electrons. The zero-order valence-corrected chi connectivity index (χ0v) is 17.7. The molecule has 0 aliphatic carbocycles. The van der Waals surface area contributed by atoms with Gasteiger partial charge in [-0.2, -0.15) is 0 Å². The second-order valence-electron chi connectivity index (χ2n) is 7.99. The molecule has 2 aromatic carbocycles. The van der Waals surface area contributed by atoms with Gasteiger partial charge < -0.3 is 26.2 Å². The Morgan fingerprint density at radius 2 is 2.00 bits per heavy atom. The molecule has 1 aromatic heterocycles. The van der Waals surface area contributed by atoms with Gasteiger partial charge >= 0.3 is 0 Å². The van der Waals surface area contributed by atoms with Gasteiger partial charge in [-0.3, -0.25) is 4.79 Å². The predicted molar refractivity (Wildman–Crippen MR) is 121 cm³/mol. The second-order valence-corrected chi connectivity index (χ2v) is 7.99. The first-order chi connectivity index (χ1) is 15.5. The van der Waals surface area contributed by atoms with Gasteiger partial charge in [0.25, 0.3) is 0 Å². The predicted octanol–water partition coefficient (Wildman–Crippen LogP) is 1.60.